The van der Waals surface area contributed by atoms with E-state index in [0.717, 1.165) is 29.1 Å². The Morgan fingerprint density at radius 3 is 2.44 bits per heavy atom. The Labute approximate surface area is 185 Å². The van der Waals surface area contributed by atoms with Gasteiger partial charge in [0.25, 0.3) is 0 Å². The second-order valence-electron chi connectivity index (χ2n) is 7.87. The van der Waals surface area contributed by atoms with Crippen LogP contribution in [0.15, 0.2) is 48.5 Å². The van der Waals surface area contributed by atoms with Crippen molar-refractivity contribution in [2.24, 2.45) is 0 Å². The van der Waals surface area contributed by atoms with Gasteiger partial charge in [0, 0.05) is 44.3 Å². The lowest BCUT2D eigenvalue weighted by atomic mass is 10.1. The molecule has 0 aliphatic carbocycles. The summed E-state index contributed by atoms with van der Waals surface area (Å²) in [5.74, 6) is 0.716. The predicted octanol–water partition coefficient (Wildman–Crippen LogP) is 4.08. The first-order valence-electron chi connectivity index (χ1n) is 10.6. The summed E-state index contributed by atoms with van der Waals surface area (Å²) in [5.41, 5.74) is 2.01. The number of nitrogens with zero attached hydrogens (tertiary/aromatic N) is 4. The van der Waals surface area contributed by atoms with Gasteiger partial charge in [0.05, 0.1) is 18.1 Å². The number of halogens is 2. The Balaban J connectivity index is 1.33. The third-order valence-corrected chi connectivity index (χ3v) is 5.82. The number of anilines is 1. The van der Waals surface area contributed by atoms with Gasteiger partial charge in [0.1, 0.15) is 11.6 Å². The van der Waals surface area contributed by atoms with E-state index in [1.807, 2.05) is 24.3 Å². The summed E-state index contributed by atoms with van der Waals surface area (Å²) in [7, 11) is 1.64. The Kier molecular flexibility index (Phi) is 6.43. The maximum Gasteiger partial charge on any atom is 0.320 e. The highest BCUT2D eigenvalue weighted by Gasteiger charge is 2.24. The quantitative estimate of drug-likeness (QED) is 0.624. The number of imidazole rings is 1. The second-order valence-corrected chi connectivity index (χ2v) is 7.87. The van der Waals surface area contributed by atoms with E-state index in [9.17, 15) is 13.6 Å². The summed E-state index contributed by atoms with van der Waals surface area (Å²) in [6.45, 7) is 1.94. The largest absolute Gasteiger partial charge is 0.497 e. The van der Waals surface area contributed by atoms with E-state index in [1.165, 1.54) is 0 Å². The number of nitrogens with one attached hydrogen (secondary N) is 1. The summed E-state index contributed by atoms with van der Waals surface area (Å²) < 4.78 is 33.5. The highest BCUT2D eigenvalue weighted by Crippen LogP contribution is 2.27. The number of amides is 2. The average molecular weight is 443 g/mol. The standard InChI is InChI=1S/C23H27F2N5O2/c1-16(21-27-19-5-3-4-6-20(19)30(21)22(24)25)15-26-23(31)29-13-11-28(12-14-29)17-7-9-18(32-2)10-8-17/h3-10,16,22H,11-15H2,1-2H3,(H,26,31)/t16-/m0/s1. The van der Waals surface area contributed by atoms with E-state index in [0.29, 0.717) is 24.1 Å². The summed E-state index contributed by atoms with van der Waals surface area (Å²) in [4.78, 5) is 21.0. The van der Waals surface area contributed by atoms with Crippen molar-refractivity contribution in [3.8, 4) is 5.75 Å². The molecular formula is C23H27F2N5O2. The predicted molar refractivity (Wildman–Crippen MR) is 120 cm³/mol. The summed E-state index contributed by atoms with van der Waals surface area (Å²) in [6.07, 6.45) is 0. The van der Waals surface area contributed by atoms with Crippen LogP contribution in [-0.2, 0) is 0 Å². The minimum absolute atomic E-state index is 0.189. The molecule has 2 heterocycles. The Hall–Kier alpha value is -3.36. The van der Waals surface area contributed by atoms with Gasteiger partial charge >= 0.3 is 12.6 Å². The molecule has 2 aromatic carbocycles. The highest BCUT2D eigenvalue weighted by molar-refractivity contribution is 5.76. The fourth-order valence-corrected chi connectivity index (χ4v) is 4.02. The van der Waals surface area contributed by atoms with E-state index >= 15 is 0 Å². The molecule has 9 heteroatoms. The lowest BCUT2D eigenvalue weighted by Gasteiger charge is -2.36. The van der Waals surface area contributed by atoms with Gasteiger partial charge in [0.15, 0.2) is 0 Å². The van der Waals surface area contributed by atoms with E-state index in [1.54, 1.807) is 43.2 Å². The van der Waals surface area contributed by atoms with Crippen molar-refractivity contribution in [3.63, 3.8) is 0 Å². The number of fused-ring (bicyclic) bond motifs is 1. The smallest absolute Gasteiger partial charge is 0.320 e. The molecule has 0 spiro atoms. The molecule has 0 saturated carbocycles. The van der Waals surface area contributed by atoms with Gasteiger partial charge in [-0.15, -0.1) is 0 Å². The molecule has 2 amide bonds. The molecule has 32 heavy (non-hydrogen) atoms. The van der Waals surface area contributed by atoms with Crippen LogP contribution in [0.3, 0.4) is 0 Å². The molecule has 1 fully saturated rings. The number of hydrogen-bond acceptors (Lipinski definition) is 4. The number of aromatic nitrogens is 2. The Morgan fingerprint density at radius 1 is 1.09 bits per heavy atom. The molecule has 1 aliphatic rings. The van der Waals surface area contributed by atoms with E-state index < -0.39 is 6.55 Å². The highest BCUT2D eigenvalue weighted by atomic mass is 19.3. The van der Waals surface area contributed by atoms with Crippen LogP contribution in [0.1, 0.15) is 25.2 Å². The van der Waals surface area contributed by atoms with Crippen molar-refractivity contribution in [2.45, 2.75) is 19.4 Å². The number of rotatable bonds is 6. The number of alkyl halides is 2. The first-order valence-corrected chi connectivity index (χ1v) is 10.6. The van der Waals surface area contributed by atoms with Gasteiger partial charge in [-0.3, -0.25) is 4.57 Å². The Bertz CT molecular complexity index is 1060. The van der Waals surface area contributed by atoms with E-state index in [2.05, 4.69) is 15.2 Å². The average Bonchev–Trinajstić information content (AvgIpc) is 3.22. The minimum Gasteiger partial charge on any atom is -0.497 e. The van der Waals surface area contributed by atoms with Crippen LogP contribution in [0, 0.1) is 0 Å². The summed E-state index contributed by atoms with van der Waals surface area (Å²) in [6, 6.07) is 14.5. The number of benzene rings is 2. The molecule has 0 radical (unpaired) electrons. The zero-order valence-electron chi connectivity index (χ0n) is 18.2. The zero-order chi connectivity index (χ0) is 22.7. The van der Waals surface area contributed by atoms with Gasteiger partial charge in [-0.25, -0.2) is 9.78 Å². The Morgan fingerprint density at radius 2 is 1.78 bits per heavy atom. The molecule has 170 valence electrons. The van der Waals surface area contributed by atoms with Crippen molar-refractivity contribution in [1.82, 2.24) is 19.8 Å². The van der Waals surface area contributed by atoms with Gasteiger partial charge in [0.2, 0.25) is 0 Å². The maximum atomic E-state index is 13.7. The molecule has 0 unspecified atom stereocenters. The van der Waals surface area contributed by atoms with Crippen LogP contribution in [0.4, 0.5) is 19.3 Å². The third-order valence-electron chi connectivity index (χ3n) is 5.82. The summed E-state index contributed by atoms with van der Waals surface area (Å²) in [5, 5.41) is 2.88. The molecule has 3 aromatic rings. The number of carbonyl (C=O) groups excluding carboxylic acids is 1. The molecule has 1 atom stereocenters. The number of methoxy groups -OCH3 is 1. The number of ether oxygens (including phenoxy) is 1. The van der Waals surface area contributed by atoms with Gasteiger partial charge < -0.3 is 19.9 Å². The second kappa shape index (κ2) is 9.42. The monoisotopic (exact) mass is 443 g/mol. The third kappa shape index (κ3) is 4.46. The number of carbonyl (C=O) groups is 1. The van der Waals surface area contributed by atoms with Crippen LogP contribution in [0.5, 0.6) is 5.75 Å². The van der Waals surface area contributed by atoms with Crippen molar-refractivity contribution in [1.29, 1.82) is 0 Å². The normalized spacial score (nSPS) is 15.3. The van der Waals surface area contributed by atoms with Crippen molar-refractivity contribution in [2.75, 3.05) is 44.7 Å². The van der Waals surface area contributed by atoms with Gasteiger partial charge in [-0.1, -0.05) is 19.1 Å². The van der Waals surface area contributed by atoms with Crippen LogP contribution in [0.2, 0.25) is 0 Å². The molecule has 1 N–H and O–H groups in total. The number of para-hydroxylation sites is 2. The van der Waals surface area contributed by atoms with Crippen LogP contribution < -0.4 is 15.0 Å². The number of piperazine rings is 1. The fraction of sp³-hybridized carbons (Fsp3) is 0.391. The van der Waals surface area contributed by atoms with Crippen LogP contribution >= 0.6 is 0 Å². The molecular weight excluding hydrogens is 416 g/mol. The maximum absolute atomic E-state index is 13.7. The van der Waals surface area contributed by atoms with Crippen molar-refractivity contribution in [3.05, 3.63) is 54.4 Å². The SMILES string of the molecule is COc1ccc(N2CCN(C(=O)NC[C@H](C)c3nc4ccccc4n3C(F)F)CC2)cc1. The molecule has 0 bridgehead atoms. The first kappa shape index (κ1) is 21.9. The van der Waals surface area contributed by atoms with Crippen molar-refractivity contribution >= 4 is 22.8 Å². The fourth-order valence-electron chi connectivity index (χ4n) is 4.02. The molecule has 7 nitrogen and oxygen atoms in total. The van der Waals surface area contributed by atoms with E-state index in [4.69, 9.17) is 4.74 Å². The topological polar surface area (TPSA) is 62.6 Å². The lowest BCUT2D eigenvalue weighted by Crippen LogP contribution is -2.52. The summed E-state index contributed by atoms with van der Waals surface area (Å²) >= 11 is 0. The van der Waals surface area contributed by atoms with Crippen LogP contribution in [0.25, 0.3) is 11.0 Å². The van der Waals surface area contributed by atoms with Gasteiger partial charge in [-0.2, -0.15) is 8.78 Å². The molecule has 1 aromatic heterocycles. The van der Waals surface area contributed by atoms with Crippen LogP contribution in [-0.4, -0.2) is 60.3 Å². The van der Waals surface area contributed by atoms with E-state index in [-0.39, 0.29) is 24.3 Å². The lowest BCUT2D eigenvalue weighted by molar-refractivity contribution is 0.0704. The molecule has 1 aliphatic heterocycles. The van der Waals surface area contributed by atoms with Gasteiger partial charge in [-0.05, 0) is 36.4 Å². The first-order chi connectivity index (χ1) is 15.5. The minimum atomic E-state index is -2.69. The molecule has 4 rings (SSSR count). The number of hydrogen-bond donors (Lipinski definition) is 1. The van der Waals surface area contributed by atoms with Crippen molar-refractivity contribution < 1.29 is 18.3 Å². The zero-order valence-corrected chi connectivity index (χ0v) is 18.2. The molecule has 1 saturated heterocycles. The number of urea groups is 1.